The number of hydrogen-bond acceptors (Lipinski definition) is 5. The molecule has 0 fully saturated rings. The van der Waals surface area contributed by atoms with Gasteiger partial charge in [0.05, 0.1) is 25.4 Å². The first-order valence-electron chi connectivity index (χ1n) is 37.9. The zero-order valence-electron chi connectivity index (χ0n) is 56.6. The summed E-state index contributed by atoms with van der Waals surface area (Å²) in [7, 11) is 0. The topological polar surface area (TPSA) is 95.9 Å². The number of aliphatic hydroxyl groups is 2. The molecule has 0 aromatic carbocycles. The lowest BCUT2D eigenvalue weighted by Gasteiger charge is -2.20. The van der Waals surface area contributed by atoms with Crippen LogP contribution in [0.25, 0.3) is 0 Å². The molecule has 84 heavy (non-hydrogen) atoms. The fourth-order valence-corrected chi connectivity index (χ4v) is 11.8. The first-order chi connectivity index (χ1) is 41.5. The molecular weight excluding hydrogens is 1030 g/mol. The Morgan fingerprint density at radius 3 is 0.964 bits per heavy atom. The molecule has 0 aromatic heterocycles. The average molecular weight is 1180 g/mol. The molecule has 0 rings (SSSR count). The van der Waals surface area contributed by atoms with Crippen molar-refractivity contribution in [2.75, 3.05) is 13.2 Å². The van der Waals surface area contributed by atoms with Crippen LogP contribution in [-0.2, 0) is 14.3 Å². The van der Waals surface area contributed by atoms with Gasteiger partial charge in [0.15, 0.2) is 0 Å². The van der Waals surface area contributed by atoms with Crippen molar-refractivity contribution in [3.8, 4) is 0 Å². The highest BCUT2D eigenvalue weighted by atomic mass is 16.5. The molecule has 0 aliphatic rings. The number of aliphatic hydroxyl groups excluding tert-OH is 2. The summed E-state index contributed by atoms with van der Waals surface area (Å²) >= 11 is 0. The second-order valence-electron chi connectivity index (χ2n) is 26.0. The van der Waals surface area contributed by atoms with Crippen LogP contribution in [0.15, 0.2) is 48.6 Å². The predicted octanol–water partition coefficient (Wildman–Crippen LogP) is 24.8. The van der Waals surface area contributed by atoms with Gasteiger partial charge in [0.1, 0.15) is 0 Å². The average Bonchev–Trinajstić information content (AvgIpc) is 3.51. The van der Waals surface area contributed by atoms with E-state index < -0.39 is 12.1 Å². The molecule has 0 aliphatic heterocycles. The van der Waals surface area contributed by atoms with Crippen LogP contribution in [0, 0.1) is 0 Å². The van der Waals surface area contributed by atoms with Crippen LogP contribution in [0.4, 0.5) is 0 Å². The lowest BCUT2D eigenvalue weighted by molar-refractivity contribution is -0.143. The van der Waals surface area contributed by atoms with Gasteiger partial charge in [0.2, 0.25) is 5.91 Å². The van der Waals surface area contributed by atoms with E-state index >= 15 is 0 Å². The molecule has 0 heterocycles. The summed E-state index contributed by atoms with van der Waals surface area (Å²) in [5, 5.41) is 23.3. The largest absolute Gasteiger partial charge is 0.466 e. The van der Waals surface area contributed by atoms with Gasteiger partial charge in [-0.25, -0.2) is 0 Å². The van der Waals surface area contributed by atoms with E-state index in [1.807, 2.05) is 6.08 Å². The van der Waals surface area contributed by atoms with Crippen LogP contribution in [0.2, 0.25) is 0 Å². The second kappa shape index (κ2) is 73.3. The van der Waals surface area contributed by atoms with Crippen LogP contribution >= 0.6 is 0 Å². The van der Waals surface area contributed by atoms with Crippen molar-refractivity contribution < 1.29 is 24.5 Å². The molecular formula is C78H147NO5. The highest BCUT2D eigenvalue weighted by molar-refractivity contribution is 5.76. The summed E-state index contributed by atoms with van der Waals surface area (Å²) in [5.41, 5.74) is 0. The van der Waals surface area contributed by atoms with E-state index in [-0.39, 0.29) is 18.5 Å². The Kier molecular flexibility index (Phi) is 71.4. The molecule has 3 N–H and O–H groups in total. The van der Waals surface area contributed by atoms with Gasteiger partial charge >= 0.3 is 5.97 Å². The van der Waals surface area contributed by atoms with Crippen LogP contribution in [0.3, 0.4) is 0 Å². The van der Waals surface area contributed by atoms with E-state index in [0.29, 0.717) is 19.4 Å². The lowest BCUT2D eigenvalue weighted by Crippen LogP contribution is -2.45. The number of esters is 1. The molecule has 0 aromatic rings. The quantitative estimate of drug-likeness (QED) is 0.0320. The third-order valence-corrected chi connectivity index (χ3v) is 17.5. The Hall–Kier alpha value is -2.18. The summed E-state index contributed by atoms with van der Waals surface area (Å²) in [5.74, 6) is -0.0619. The van der Waals surface area contributed by atoms with Crippen molar-refractivity contribution in [1.29, 1.82) is 0 Å². The Labute approximate surface area is 525 Å². The fourth-order valence-electron chi connectivity index (χ4n) is 11.8. The van der Waals surface area contributed by atoms with Crippen molar-refractivity contribution in [1.82, 2.24) is 5.32 Å². The molecule has 2 atom stereocenters. The van der Waals surface area contributed by atoms with Gasteiger partial charge in [0.25, 0.3) is 0 Å². The summed E-state index contributed by atoms with van der Waals surface area (Å²) in [6.45, 7) is 4.87. The van der Waals surface area contributed by atoms with E-state index in [1.165, 1.54) is 334 Å². The zero-order valence-corrected chi connectivity index (χ0v) is 56.6. The maximum atomic E-state index is 12.6. The second-order valence-corrected chi connectivity index (χ2v) is 26.0. The van der Waals surface area contributed by atoms with Crippen LogP contribution < -0.4 is 5.32 Å². The van der Waals surface area contributed by atoms with Crippen LogP contribution in [0.5, 0.6) is 0 Å². The standard InChI is InChI=1S/C78H147NO5/c1-3-5-7-9-11-13-15-17-18-19-20-21-22-28-31-34-37-40-43-47-50-54-58-62-66-70-76(81)75(74-80)79-77(82)71-67-63-59-55-51-48-44-41-38-35-32-29-26-24-23-25-27-30-33-36-39-42-45-49-53-57-61-65-69-73-84-78(83)72-68-64-60-56-52-46-16-14-12-10-8-6-4-2/h8,10,14,16,23,25,66,70,75-76,80-81H,3-7,9,11-13,15,17-22,24,26-65,67-69,71-74H2,1-2H3,(H,79,82)/b10-8-,16-14-,25-23-,70-66+. The zero-order chi connectivity index (χ0) is 60.6. The van der Waals surface area contributed by atoms with Gasteiger partial charge in [-0.3, -0.25) is 9.59 Å². The summed E-state index contributed by atoms with van der Waals surface area (Å²) in [6, 6.07) is -0.630. The fraction of sp³-hybridized carbons (Fsp3) is 0.872. The van der Waals surface area contributed by atoms with E-state index in [1.54, 1.807) is 6.08 Å². The molecule has 0 spiro atoms. The number of carbonyl (C=O) groups excluding carboxylic acids is 2. The smallest absolute Gasteiger partial charge is 0.305 e. The Balaban J connectivity index is 3.41. The molecule has 2 unspecified atom stereocenters. The first kappa shape index (κ1) is 81.8. The highest BCUT2D eigenvalue weighted by Gasteiger charge is 2.18. The van der Waals surface area contributed by atoms with Crippen molar-refractivity contribution in [3.63, 3.8) is 0 Å². The SMILES string of the molecule is CCC/C=C\C/C=C\CCCCCCCC(=O)OCCCCCCCCCCCCCC/C=C\CCCCCCCCCCCCCCCC(=O)NC(CO)C(O)/C=C/CCCCCCCCCCCCCCCCCCCCCCCCC. The van der Waals surface area contributed by atoms with E-state index in [2.05, 4.69) is 55.6 Å². The van der Waals surface area contributed by atoms with E-state index in [9.17, 15) is 19.8 Å². The first-order valence-corrected chi connectivity index (χ1v) is 37.9. The number of amides is 1. The molecule has 6 heteroatoms. The Bertz CT molecular complexity index is 1400. The van der Waals surface area contributed by atoms with Crippen molar-refractivity contribution in [2.24, 2.45) is 0 Å². The summed E-state index contributed by atoms with van der Waals surface area (Å²) < 4.78 is 5.48. The number of carbonyl (C=O) groups is 2. The number of ether oxygens (including phenoxy) is 1. The maximum absolute atomic E-state index is 12.6. The van der Waals surface area contributed by atoms with Crippen molar-refractivity contribution >= 4 is 11.9 Å². The van der Waals surface area contributed by atoms with E-state index in [4.69, 9.17) is 4.74 Å². The molecule has 0 saturated carbocycles. The molecule has 1 amide bonds. The van der Waals surface area contributed by atoms with Gasteiger partial charge in [-0.2, -0.15) is 0 Å². The Morgan fingerprint density at radius 2 is 0.619 bits per heavy atom. The number of nitrogens with one attached hydrogen (secondary N) is 1. The van der Waals surface area contributed by atoms with Gasteiger partial charge in [0, 0.05) is 12.8 Å². The van der Waals surface area contributed by atoms with Crippen LogP contribution in [0.1, 0.15) is 412 Å². The van der Waals surface area contributed by atoms with Crippen molar-refractivity contribution in [2.45, 2.75) is 424 Å². The number of rotatable bonds is 71. The highest BCUT2D eigenvalue weighted by Crippen LogP contribution is 2.19. The monoisotopic (exact) mass is 1180 g/mol. The summed E-state index contributed by atoms with van der Waals surface area (Å²) in [4.78, 5) is 24.6. The Morgan fingerprint density at radius 1 is 0.333 bits per heavy atom. The normalized spacial score (nSPS) is 12.8. The molecule has 0 saturated heterocycles. The minimum atomic E-state index is -0.846. The third-order valence-electron chi connectivity index (χ3n) is 17.5. The molecule has 6 nitrogen and oxygen atoms in total. The minimum Gasteiger partial charge on any atom is -0.466 e. The third kappa shape index (κ3) is 68.9. The van der Waals surface area contributed by atoms with Crippen molar-refractivity contribution in [3.05, 3.63) is 48.6 Å². The maximum Gasteiger partial charge on any atom is 0.305 e. The minimum absolute atomic E-state index is 0.00106. The number of allylic oxidation sites excluding steroid dienone is 7. The predicted molar refractivity (Wildman–Crippen MR) is 370 cm³/mol. The molecule has 0 bridgehead atoms. The molecule has 0 radical (unpaired) electrons. The van der Waals surface area contributed by atoms with Gasteiger partial charge in [-0.15, -0.1) is 0 Å². The van der Waals surface area contributed by atoms with Gasteiger partial charge < -0.3 is 20.3 Å². The molecule has 494 valence electrons. The van der Waals surface area contributed by atoms with E-state index in [0.717, 1.165) is 51.4 Å². The number of hydrogen-bond donors (Lipinski definition) is 3. The van der Waals surface area contributed by atoms with Gasteiger partial charge in [-0.1, -0.05) is 364 Å². The van der Waals surface area contributed by atoms with Crippen LogP contribution in [-0.4, -0.2) is 47.4 Å². The molecule has 0 aliphatic carbocycles. The lowest BCUT2D eigenvalue weighted by atomic mass is 10.0. The summed E-state index contributed by atoms with van der Waals surface area (Å²) in [6.07, 6.45) is 96.4. The van der Waals surface area contributed by atoms with Gasteiger partial charge in [-0.05, 0) is 83.5 Å². The number of unbranched alkanes of at least 4 members (excludes halogenated alkanes) is 54.